The van der Waals surface area contributed by atoms with Crippen molar-refractivity contribution < 1.29 is 0 Å². The lowest BCUT2D eigenvalue weighted by molar-refractivity contribution is 0.596. The number of aryl methyl sites for hydroxylation is 2. The van der Waals surface area contributed by atoms with Crippen LogP contribution in [0, 0.1) is 6.92 Å². The number of hydrogen-bond donors (Lipinski definition) is 0. The molecule has 0 unspecified atom stereocenters. The SMILES string of the molecule is CCCCCCn1c2nc3ccccc3nc2c2c(=O)n(Cc3ccccc3Cl)c(C)nc21. The first-order valence-corrected chi connectivity index (χ1v) is 11.9. The fraction of sp³-hybridized carbons (Fsp3) is 0.308. The smallest absolute Gasteiger partial charge is 0.265 e. The molecular formula is C26H26ClN5O. The third-order valence-corrected chi connectivity index (χ3v) is 6.53. The second kappa shape index (κ2) is 8.94. The average Bonchev–Trinajstić information content (AvgIpc) is 3.11. The molecule has 0 aliphatic rings. The third-order valence-electron chi connectivity index (χ3n) is 6.16. The highest BCUT2D eigenvalue weighted by molar-refractivity contribution is 6.31. The van der Waals surface area contributed by atoms with Crippen LogP contribution in [0.1, 0.15) is 44.0 Å². The molecule has 6 nitrogen and oxygen atoms in total. The van der Waals surface area contributed by atoms with E-state index >= 15 is 0 Å². The van der Waals surface area contributed by atoms with Crippen LogP contribution in [0.15, 0.2) is 53.3 Å². The van der Waals surface area contributed by atoms with E-state index in [9.17, 15) is 4.79 Å². The maximum absolute atomic E-state index is 13.8. The highest BCUT2D eigenvalue weighted by atomic mass is 35.5. The summed E-state index contributed by atoms with van der Waals surface area (Å²) < 4.78 is 3.76. The maximum atomic E-state index is 13.8. The van der Waals surface area contributed by atoms with Gasteiger partial charge in [-0.15, -0.1) is 0 Å². The summed E-state index contributed by atoms with van der Waals surface area (Å²) in [5.41, 5.74) is 4.35. The maximum Gasteiger partial charge on any atom is 0.265 e. The zero-order valence-electron chi connectivity index (χ0n) is 18.9. The monoisotopic (exact) mass is 459 g/mol. The van der Waals surface area contributed by atoms with E-state index in [1.165, 1.54) is 12.8 Å². The van der Waals surface area contributed by atoms with Gasteiger partial charge < -0.3 is 4.57 Å². The van der Waals surface area contributed by atoms with Crippen molar-refractivity contribution in [3.8, 4) is 0 Å². The van der Waals surface area contributed by atoms with E-state index < -0.39 is 0 Å². The van der Waals surface area contributed by atoms with Gasteiger partial charge in [0.2, 0.25) is 0 Å². The highest BCUT2D eigenvalue weighted by Gasteiger charge is 2.21. The van der Waals surface area contributed by atoms with E-state index in [0.717, 1.165) is 41.6 Å². The lowest BCUT2D eigenvalue weighted by Crippen LogP contribution is -2.25. The predicted octanol–water partition coefficient (Wildman–Crippen LogP) is 5.88. The second-order valence-corrected chi connectivity index (χ2v) is 8.84. The van der Waals surface area contributed by atoms with Crippen molar-refractivity contribution in [1.82, 2.24) is 24.1 Å². The number of halogens is 1. The van der Waals surface area contributed by atoms with Gasteiger partial charge in [0.25, 0.3) is 5.56 Å². The molecule has 0 N–H and O–H groups in total. The number of nitrogens with zero attached hydrogens (tertiary/aromatic N) is 5. The van der Waals surface area contributed by atoms with E-state index in [4.69, 9.17) is 26.6 Å². The van der Waals surface area contributed by atoms with E-state index in [-0.39, 0.29) is 5.56 Å². The molecule has 33 heavy (non-hydrogen) atoms. The Bertz CT molecular complexity index is 1540. The molecule has 0 aliphatic carbocycles. The first-order valence-electron chi connectivity index (χ1n) is 11.5. The van der Waals surface area contributed by atoms with E-state index in [2.05, 4.69) is 11.5 Å². The lowest BCUT2D eigenvalue weighted by Gasteiger charge is -2.12. The van der Waals surface area contributed by atoms with Crippen LogP contribution in [-0.2, 0) is 13.1 Å². The van der Waals surface area contributed by atoms with Crippen LogP contribution in [0.3, 0.4) is 0 Å². The molecule has 168 valence electrons. The van der Waals surface area contributed by atoms with E-state index in [0.29, 0.717) is 33.9 Å². The molecule has 0 saturated heterocycles. The number of para-hydroxylation sites is 2. The fourth-order valence-corrected chi connectivity index (χ4v) is 4.58. The quantitative estimate of drug-likeness (QED) is 0.285. The molecule has 0 atom stereocenters. The largest absolute Gasteiger partial charge is 0.308 e. The van der Waals surface area contributed by atoms with Gasteiger partial charge in [-0.05, 0) is 37.1 Å². The zero-order chi connectivity index (χ0) is 22.9. The molecule has 0 radical (unpaired) electrons. The molecule has 0 amide bonds. The van der Waals surface area contributed by atoms with Crippen LogP contribution < -0.4 is 5.56 Å². The zero-order valence-corrected chi connectivity index (χ0v) is 19.6. The standard InChI is InChI=1S/C26H26ClN5O/c1-3-4-5-10-15-31-24-22(23-25(31)30-21-14-9-8-13-20(21)29-23)26(33)32(17(2)28-24)16-18-11-6-7-12-19(18)27/h6-9,11-14H,3-5,10,15-16H2,1-2H3. The van der Waals surface area contributed by atoms with E-state index in [1.54, 1.807) is 4.57 Å². The first kappa shape index (κ1) is 21.6. The first-order chi connectivity index (χ1) is 16.1. The minimum atomic E-state index is -0.112. The van der Waals surface area contributed by atoms with Crippen LogP contribution in [0.25, 0.3) is 33.2 Å². The van der Waals surface area contributed by atoms with E-state index in [1.807, 2.05) is 55.5 Å². The van der Waals surface area contributed by atoms with Gasteiger partial charge in [0.1, 0.15) is 16.7 Å². The summed E-state index contributed by atoms with van der Waals surface area (Å²) in [4.78, 5) is 28.5. The third kappa shape index (κ3) is 3.89. The van der Waals surface area contributed by atoms with Crippen molar-refractivity contribution in [2.75, 3.05) is 0 Å². The number of aromatic nitrogens is 5. The molecule has 0 fully saturated rings. The number of benzene rings is 2. The van der Waals surface area contributed by atoms with Crippen LogP contribution in [0.4, 0.5) is 0 Å². The summed E-state index contributed by atoms with van der Waals surface area (Å²) in [5.74, 6) is 0.648. The normalized spacial score (nSPS) is 11.7. The summed E-state index contributed by atoms with van der Waals surface area (Å²) in [6, 6.07) is 15.3. The summed E-state index contributed by atoms with van der Waals surface area (Å²) in [6.45, 7) is 5.18. The number of rotatable bonds is 7. The molecule has 3 aromatic heterocycles. The van der Waals surface area contributed by atoms with Crippen molar-refractivity contribution >= 4 is 44.8 Å². The van der Waals surface area contributed by atoms with Crippen molar-refractivity contribution in [2.24, 2.45) is 0 Å². The van der Waals surface area contributed by atoms with Crippen molar-refractivity contribution in [3.63, 3.8) is 0 Å². The number of fused-ring (bicyclic) bond motifs is 4. The fourth-order valence-electron chi connectivity index (χ4n) is 4.39. The van der Waals surface area contributed by atoms with Crippen molar-refractivity contribution in [3.05, 3.63) is 75.3 Å². The molecule has 5 aromatic rings. The molecule has 0 bridgehead atoms. The summed E-state index contributed by atoms with van der Waals surface area (Å²) in [6.07, 6.45) is 4.48. The van der Waals surface area contributed by atoms with Crippen LogP contribution in [0.5, 0.6) is 0 Å². The Labute approximate surface area is 196 Å². The van der Waals surface area contributed by atoms with Gasteiger partial charge in [-0.3, -0.25) is 9.36 Å². The van der Waals surface area contributed by atoms with Crippen molar-refractivity contribution in [1.29, 1.82) is 0 Å². The predicted molar refractivity (Wildman–Crippen MR) is 134 cm³/mol. The molecule has 0 aliphatic heterocycles. The van der Waals surface area contributed by atoms with Gasteiger partial charge in [0.15, 0.2) is 11.3 Å². The molecular weight excluding hydrogens is 434 g/mol. The van der Waals surface area contributed by atoms with Crippen LogP contribution in [-0.4, -0.2) is 24.1 Å². The van der Waals surface area contributed by atoms with Gasteiger partial charge in [-0.25, -0.2) is 15.0 Å². The summed E-state index contributed by atoms with van der Waals surface area (Å²) in [7, 11) is 0. The minimum absolute atomic E-state index is 0.112. The van der Waals surface area contributed by atoms with Gasteiger partial charge in [0, 0.05) is 11.6 Å². The Morgan fingerprint density at radius 1 is 0.848 bits per heavy atom. The minimum Gasteiger partial charge on any atom is -0.308 e. The Morgan fingerprint density at radius 2 is 1.58 bits per heavy atom. The molecule has 2 aromatic carbocycles. The van der Waals surface area contributed by atoms with Gasteiger partial charge >= 0.3 is 0 Å². The highest BCUT2D eigenvalue weighted by Crippen LogP contribution is 2.26. The Kier molecular flexibility index (Phi) is 5.85. The molecule has 0 saturated carbocycles. The summed E-state index contributed by atoms with van der Waals surface area (Å²) in [5, 5.41) is 1.16. The number of unbranched alkanes of at least 4 members (excludes halogenated alkanes) is 3. The van der Waals surface area contributed by atoms with Crippen LogP contribution in [0.2, 0.25) is 5.02 Å². The second-order valence-electron chi connectivity index (χ2n) is 8.44. The van der Waals surface area contributed by atoms with Gasteiger partial charge in [0.05, 0.1) is 17.6 Å². The molecule has 0 spiro atoms. The Balaban J connectivity index is 1.75. The summed E-state index contributed by atoms with van der Waals surface area (Å²) >= 11 is 6.38. The topological polar surface area (TPSA) is 65.6 Å². The Morgan fingerprint density at radius 3 is 2.33 bits per heavy atom. The van der Waals surface area contributed by atoms with Gasteiger partial charge in [-0.1, -0.05) is 68.1 Å². The van der Waals surface area contributed by atoms with Crippen LogP contribution >= 0.6 is 11.6 Å². The van der Waals surface area contributed by atoms with Gasteiger partial charge in [-0.2, -0.15) is 0 Å². The number of hydrogen-bond acceptors (Lipinski definition) is 4. The Hall–Kier alpha value is -3.25. The molecule has 3 heterocycles. The lowest BCUT2D eigenvalue weighted by atomic mass is 10.2. The molecule has 5 rings (SSSR count). The molecule has 7 heteroatoms. The average molecular weight is 460 g/mol. The van der Waals surface area contributed by atoms with Crippen molar-refractivity contribution in [2.45, 2.75) is 52.6 Å².